The number of hydrogen-bond donors (Lipinski definition) is 1. The lowest BCUT2D eigenvalue weighted by molar-refractivity contribution is 0.0693. The Morgan fingerprint density at radius 3 is 2.45 bits per heavy atom. The van der Waals surface area contributed by atoms with Crippen molar-refractivity contribution in [2.24, 2.45) is 0 Å². The highest BCUT2D eigenvalue weighted by Gasteiger charge is 2.25. The third kappa shape index (κ3) is 2.99. The van der Waals surface area contributed by atoms with Gasteiger partial charge < -0.3 is 14.7 Å². The van der Waals surface area contributed by atoms with Crippen LogP contribution in [0.5, 0.6) is 5.75 Å². The van der Waals surface area contributed by atoms with Crippen molar-refractivity contribution in [2.75, 3.05) is 36.6 Å². The molecule has 1 N–H and O–H groups in total. The van der Waals surface area contributed by atoms with Crippen LogP contribution in [-0.2, 0) is 9.84 Å². The summed E-state index contributed by atoms with van der Waals surface area (Å²) in [6, 6.07) is 2.85. The topological polar surface area (TPSA) is 83.9 Å². The molecule has 0 aromatic heterocycles. The van der Waals surface area contributed by atoms with Gasteiger partial charge in [0.05, 0.1) is 29.3 Å². The number of carbonyl (C=O) groups is 1. The van der Waals surface area contributed by atoms with Crippen molar-refractivity contribution in [1.29, 1.82) is 0 Å². The highest BCUT2D eigenvalue weighted by molar-refractivity contribution is 7.91. The van der Waals surface area contributed by atoms with Gasteiger partial charge in [0.15, 0.2) is 9.84 Å². The van der Waals surface area contributed by atoms with E-state index in [0.717, 1.165) is 0 Å². The van der Waals surface area contributed by atoms with Crippen LogP contribution >= 0.6 is 11.6 Å². The molecule has 0 atom stereocenters. The monoisotopic (exact) mass is 319 g/mol. The van der Waals surface area contributed by atoms with Crippen LogP contribution in [0.25, 0.3) is 0 Å². The van der Waals surface area contributed by atoms with Crippen LogP contribution in [0.1, 0.15) is 10.4 Å². The number of methoxy groups -OCH3 is 1. The highest BCUT2D eigenvalue weighted by Crippen LogP contribution is 2.34. The van der Waals surface area contributed by atoms with Crippen LogP contribution in [0.4, 0.5) is 5.69 Å². The number of sulfone groups is 1. The fourth-order valence-electron chi connectivity index (χ4n) is 2.07. The van der Waals surface area contributed by atoms with Crippen LogP contribution in [0.2, 0.25) is 5.02 Å². The second-order valence-electron chi connectivity index (χ2n) is 4.45. The summed E-state index contributed by atoms with van der Waals surface area (Å²) >= 11 is 6.10. The Kier molecular flexibility index (Phi) is 4.10. The number of benzene rings is 1. The van der Waals surface area contributed by atoms with Gasteiger partial charge in [0.2, 0.25) is 0 Å². The third-order valence-corrected chi connectivity index (χ3v) is 5.10. The van der Waals surface area contributed by atoms with Crippen molar-refractivity contribution >= 4 is 33.1 Å². The Morgan fingerprint density at radius 1 is 1.35 bits per heavy atom. The SMILES string of the molecule is COc1cc(N2CCS(=O)(=O)CC2)c(Cl)cc1C(=O)O. The fourth-order valence-corrected chi connectivity index (χ4v) is 3.56. The molecule has 2 rings (SSSR count). The van der Waals surface area contributed by atoms with E-state index in [4.69, 9.17) is 21.4 Å². The second-order valence-corrected chi connectivity index (χ2v) is 7.16. The van der Waals surface area contributed by atoms with Gasteiger partial charge in [0.1, 0.15) is 11.3 Å². The number of carboxylic acids is 1. The lowest BCUT2D eigenvalue weighted by atomic mass is 10.1. The Hall–Kier alpha value is -1.47. The lowest BCUT2D eigenvalue weighted by Gasteiger charge is -2.30. The van der Waals surface area contributed by atoms with Gasteiger partial charge in [-0.3, -0.25) is 0 Å². The van der Waals surface area contributed by atoms with Crippen molar-refractivity contribution < 1.29 is 23.1 Å². The molecule has 1 heterocycles. The summed E-state index contributed by atoms with van der Waals surface area (Å²) in [6.07, 6.45) is 0. The molecule has 0 spiro atoms. The van der Waals surface area contributed by atoms with Crippen molar-refractivity contribution in [3.8, 4) is 5.75 Å². The molecule has 20 heavy (non-hydrogen) atoms. The summed E-state index contributed by atoms with van der Waals surface area (Å²) < 4.78 is 27.9. The van der Waals surface area contributed by atoms with E-state index in [2.05, 4.69) is 0 Å². The Labute approximate surface area is 121 Å². The van der Waals surface area contributed by atoms with Crippen molar-refractivity contribution in [3.63, 3.8) is 0 Å². The van der Waals surface area contributed by atoms with E-state index in [9.17, 15) is 13.2 Å². The molecule has 6 nitrogen and oxygen atoms in total. The Bertz CT molecular complexity index is 629. The summed E-state index contributed by atoms with van der Waals surface area (Å²) in [5, 5.41) is 9.33. The predicted molar refractivity (Wildman–Crippen MR) is 75.8 cm³/mol. The van der Waals surface area contributed by atoms with Crippen molar-refractivity contribution in [1.82, 2.24) is 0 Å². The molecule has 1 aliphatic rings. The van der Waals surface area contributed by atoms with Crippen LogP contribution in [0.3, 0.4) is 0 Å². The van der Waals surface area contributed by atoms with E-state index in [1.54, 1.807) is 0 Å². The van der Waals surface area contributed by atoms with Crippen LogP contribution in [0.15, 0.2) is 12.1 Å². The zero-order valence-corrected chi connectivity index (χ0v) is 12.4. The molecule has 1 saturated heterocycles. The van der Waals surface area contributed by atoms with Gasteiger partial charge in [0.25, 0.3) is 0 Å². The average Bonchev–Trinajstić information content (AvgIpc) is 2.39. The van der Waals surface area contributed by atoms with Gasteiger partial charge in [-0.15, -0.1) is 0 Å². The molecule has 8 heteroatoms. The number of anilines is 1. The van der Waals surface area contributed by atoms with E-state index >= 15 is 0 Å². The molecular formula is C12H14ClNO5S. The number of rotatable bonds is 3. The molecule has 110 valence electrons. The molecule has 1 aliphatic heterocycles. The standard InChI is InChI=1S/C12H14ClNO5S/c1-19-11-7-10(9(13)6-8(11)12(15)16)14-2-4-20(17,18)5-3-14/h6-7H,2-5H2,1H3,(H,15,16). The number of hydrogen-bond acceptors (Lipinski definition) is 5. The molecule has 1 aromatic rings. The molecule has 0 radical (unpaired) electrons. The molecule has 0 amide bonds. The quantitative estimate of drug-likeness (QED) is 0.903. The Morgan fingerprint density at radius 2 is 1.95 bits per heavy atom. The summed E-state index contributed by atoms with van der Waals surface area (Å²) in [6.45, 7) is 0.662. The van der Waals surface area contributed by atoms with Crippen LogP contribution in [0, 0.1) is 0 Å². The van der Waals surface area contributed by atoms with Crippen molar-refractivity contribution in [2.45, 2.75) is 0 Å². The minimum Gasteiger partial charge on any atom is -0.496 e. The van der Waals surface area contributed by atoms with Gasteiger partial charge in [-0.2, -0.15) is 0 Å². The maximum absolute atomic E-state index is 11.4. The zero-order valence-electron chi connectivity index (χ0n) is 10.8. The van der Waals surface area contributed by atoms with E-state index in [1.807, 2.05) is 4.90 Å². The molecular weight excluding hydrogens is 306 g/mol. The summed E-state index contributed by atoms with van der Waals surface area (Å²) in [7, 11) is -1.61. The van der Waals surface area contributed by atoms with Gasteiger partial charge in [-0.25, -0.2) is 13.2 Å². The summed E-state index contributed by atoms with van der Waals surface area (Å²) in [5.74, 6) is -0.805. The first-order valence-electron chi connectivity index (χ1n) is 5.90. The first-order chi connectivity index (χ1) is 9.34. The van der Waals surface area contributed by atoms with Crippen LogP contribution < -0.4 is 9.64 Å². The zero-order chi connectivity index (χ0) is 14.9. The maximum Gasteiger partial charge on any atom is 0.339 e. The van der Waals surface area contributed by atoms with Gasteiger partial charge in [-0.05, 0) is 6.07 Å². The number of halogens is 1. The molecule has 1 fully saturated rings. The van der Waals surface area contributed by atoms with Gasteiger partial charge in [0, 0.05) is 19.2 Å². The highest BCUT2D eigenvalue weighted by atomic mass is 35.5. The predicted octanol–water partition coefficient (Wildman–Crippen LogP) is 1.28. The summed E-state index contributed by atoms with van der Waals surface area (Å²) in [5.41, 5.74) is 0.564. The fraction of sp³-hybridized carbons (Fsp3) is 0.417. The first-order valence-corrected chi connectivity index (χ1v) is 8.10. The largest absolute Gasteiger partial charge is 0.496 e. The van der Waals surface area contributed by atoms with Crippen molar-refractivity contribution in [3.05, 3.63) is 22.7 Å². The van der Waals surface area contributed by atoms with E-state index in [0.29, 0.717) is 18.8 Å². The molecule has 0 bridgehead atoms. The number of carboxylic acid groups (broad SMARTS) is 1. The maximum atomic E-state index is 11.4. The number of aromatic carboxylic acids is 1. The van der Waals surface area contributed by atoms with Gasteiger partial charge >= 0.3 is 5.97 Å². The molecule has 0 unspecified atom stereocenters. The van der Waals surface area contributed by atoms with E-state index in [1.165, 1.54) is 19.2 Å². The molecule has 0 saturated carbocycles. The second kappa shape index (κ2) is 5.49. The minimum absolute atomic E-state index is 0.0223. The van der Waals surface area contributed by atoms with E-state index < -0.39 is 15.8 Å². The number of nitrogens with zero attached hydrogens (tertiary/aromatic N) is 1. The smallest absolute Gasteiger partial charge is 0.339 e. The minimum atomic E-state index is -2.98. The Balaban J connectivity index is 2.36. The molecule has 1 aromatic carbocycles. The third-order valence-electron chi connectivity index (χ3n) is 3.18. The first kappa shape index (κ1) is 14.9. The van der Waals surface area contributed by atoms with E-state index in [-0.39, 0.29) is 27.8 Å². The van der Waals surface area contributed by atoms with Crippen LogP contribution in [-0.4, -0.2) is 51.2 Å². The van der Waals surface area contributed by atoms with Gasteiger partial charge in [-0.1, -0.05) is 11.6 Å². The molecule has 0 aliphatic carbocycles. The number of ether oxygens (including phenoxy) is 1. The average molecular weight is 320 g/mol. The lowest BCUT2D eigenvalue weighted by Crippen LogP contribution is -2.40. The summed E-state index contributed by atoms with van der Waals surface area (Å²) in [4.78, 5) is 12.9. The normalized spacial score (nSPS) is 17.8.